The third-order valence-corrected chi connectivity index (χ3v) is 4.42. The lowest BCUT2D eigenvalue weighted by Gasteiger charge is -2.04. The summed E-state index contributed by atoms with van der Waals surface area (Å²) < 4.78 is 5.78. The summed E-state index contributed by atoms with van der Waals surface area (Å²) >= 11 is 0. The molecule has 2 unspecified atom stereocenters. The lowest BCUT2D eigenvalue weighted by molar-refractivity contribution is 0.400. The first kappa shape index (κ1) is 10.1. The molecule has 2 atom stereocenters. The van der Waals surface area contributed by atoms with E-state index in [1.54, 1.807) is 0 Å². The molecule has 3 aliphatic rings. The summed E-state index contributed by atoms with van der Waals surface area (Å²) in [6.07, 6.45) is 7.56. The highest BCUT2D eigenvalue weighted by Crippen LogP contribution is 2.57. The van der Waals surface area contributed by atoms with Gasteiger partial charge in [-0.1, -0.05) is 0 Å². The Morgan fingerprint density at radius 3 is 2.71 bits per heavy atom. The molecular formula is C13H19N3O. The zero-order chi connectivity index (χ0) is 11.2. The van der Waals surface area contributed by atoms with Gasteiger partial charge >= 0.3 is 0 Å². The predicted molar refractivity (Wildman–Crippen MR) is 62.6 cm³/mol. The molecule has 3 fully saturated rings. The van der Waals surface area contributed by atoms with E-state index < -0.39 is 0 Å². The van der Waals surface area contributed by atoms with Crippen LogP contribution in [0.25, 0.3) is 0 Å². The van der Waals surface area contributed by atoms with Gasteiger partial charge in [0, 0.05) is 24.9 Å². The quantitative estimate of drug-likeness (QED) is 0.843. The average Bonchev–Trinajstić information content (AvgIpc) is 3.20. The minimum Gasteiger partial charge on any atom is -0.425 e. The second-order valence-corrected chi connectivity index (χ2v) is 5.94. The molecule has 0 radical (unpaired) electrons. The molecule has 4 rings (SSSR count). The monoisotopic (exact) mass is 233 g/mol. The van der Waals surface area contributed by atoms with Gasteiger partial charge < -0.3 is 9.73 Å². The molecule has 3 aliphatic carbocycles. The highest BCUT2D eigenvalue weighted by Gasteiger charge is 2.47. The predicted octanol–water partition coefficient (Wildman–Crippen LogP) is 1.88. The average molecular weight is 233 g/mol. The second-order valence-electron chi connectivity index (χ2n) is 5.94. The standard InChI is InChI=1S/C13H19N3O/c1-2-11(1)14-4-3-12-15-16-13(17-12)10-6-8-5-9(8)7-10/h8-11,14H,1-7H2. The van der Waals surface area contributed by atoms with Crippen molar-refractivity contribution in [1.29, 1.82) is 0 Å². The number of hydrogen-bond acceptors (Lipinski definition) is 4. The zero-order valence-corrected chi connectivity index (χ0v) is 10.1. The number of nitrogens with one attached hydrogen (secondary N) is 1. The van der Waals surface area contributed by atoms with Crippen LogP contribution in [0.3, 0.4) is 0 Å². The SMILES string of the molecule is C(Cc1nnc(C2CC3CC3C2)o1)NC1CC1. The Balaban J connectivity index is 1.32. The van der Waals surface area contributed by atoms with E-state index >= 15 is 0 Å². The summed E-state index contributed by atoms with van der Waals surface area (Å²) in [5.74, 6) is 4.24. The Kier molecular flexibility index (Phi) is 2.25. The summed E-state index contributed by atoms with van der Waals surface area (Å²) in [6, 6.07) is 0.763. The van der Waals surface area contributed by atoms with Gasteiger partial charge in [0.25, 0.3) is 0 Å². The fourth-order valence-electron chi connectivity index (χ4n) is 3.12. The maximum Gasteiger partial charge on any atom is 0.219 e. The number of aromatic nitrogens is 2. The first-order valence-corrected chi connectivity index (χ1v) is 6.94. The van der Waals surface area contributed by atoms with Crippen molar-refractivity contribution in [2.24, 2.45) is 11.8 Å². The van der Waals surface area contributed by atoms with E-state index in [-0.39, 0.29) is 0 Å². The van der Waals surface area contributed by atoms with Gasteiger partial charge in [0.15, 0.2) is 0 Å². The molecule has 4 nitrogen and oxygen atoms in total. The Bertz CT molecular complexity index is 403. The van der Waals surface area contributed by atoms with Crippen LogP contribution in [0.2, 0.25) is 0 Å². The van der Waals surface area contributed by atoms with Crippen LogP contribution in [-0.4, -0.2) is 22.8 Å². The van der Waals surface area contributed by atoms with E-state index in [1.165, 1.54) is 32.1 Å². The highest BCUT2D eigenvalue weighted by molar-refractivity contribution is 5.06. The van der Waals surface area contributed by atoms with Crippen LogP contribution in [0.5, 0.6) is 0 Å². The minimum atomic E-state index is 0.566. The molecular weight excluding hydrogens is 214 g/mol. The van der Waals surface area contributed by atoms with Gasteiger partial charge in [-0.05, 0) is 43.9 Å². The van der Waals surface area contributed by atoms with E-state index in [0.29, 0.717) is 5.92 Å². The number of fused-ring (bicyclic) bond motifs is 1. The Morgan fingerprint density at radius 2 is 1.94 bits per heavy atom. The molecule has 0 aliphatic heterocycles. The van der Waals surface area contributed by atoms with Crippen LogP contribution in [0.4, 0.5) is 0 Å². The lowest BCUT2D eigenvalue weighted by Crippen LogP contribution is -2.19. The van der Waals surface area contributed by atoms with Crippen molar-refractivity contribution in [2.75, 3.05) is 6.54 Å². The molecule has 17 heavy (non-hydrogen) atoms. The molecule has 0 spiro atoms. The van der Waals surface area contributed by atoms with Crippen molar-refractivity contribution in [1.82, 2.24) is 15.5 Å². The summed E-state index contributed by atoms with van der Waals surface area (Å²) in [5, 5.41) is 11.9. The topological polar surface area (TPSA) is 51.0 Å². The Labute approximate surface area is 101 Å². The van der Waals surface area contributed by atoms with E-state index in [9.17, 15) is 0 Å². The van der Waals surface area contributed by atoms with Crippen LogP contribution in [-0.2, 0) is 6.42 Å². The third-order valence-electron chi connectivity index (χ3n) is 4.42. The Hall–Kier alpha value is -0.900. The van der Waals surface area contributed by atoms with E-state index in [2.05, 4.69) is 15.5 Å². The molecule has 1 heterocycles. The summed E-state index contributed by atoms with van der Waals surface area (Å²) in [5.41, 5.74) is 0. The molecule has 0 aromatic carbocycles. The van der Waals surface area contributed by atoms with Crippen molar-refractivity contribution >= 4 is 0 Å². The molecule has 1 N–H and O–H groups in total. The van der Waals surface area contributed by atoms with Crippen LogP contribution >= 0.6 is 0 Å². The van der Waals surface area contributed by atoms with Gasteiger partial charge in [-0.25, -0.2) is 0 Å². The van der Waals surface area contributed by atoms with E-state index in [1.807, 2.05) is 0 Å². The smallest absolute Gasteiger partial charge is 0.219 e. The number of hydrogen-bond donors (Lipinski definition) is 1. The number of rotatable bonds is 5. The largest absolute Gasteiger partial charge is 0.425 e. The molecule has 92 valence electrons. The maximum absolute atomic E-state index is 5.78. The second kappa shape index (κ2) is 3.80. The van der Waals surface area contributed by atoms with Crippen LogP contribution in [0.15, 0.2) is 4.42 Å². The summed E-state index contributed by atoms with van der Waals surface area (Å²) in [6.45, 7) is 0.974. The van der Waals surface area contributed by atoms with E-state index in [0.717, 1.165) is 42.6 Å². The molecule has 3 saturated carbocycles. The van der Waals surface area contributed by atoms with Crippen LogP contribution in [0.1, 0.15) is 49.8 Å². The summed E-state index contributed by atoms with van der Waals surface area (Å²) in [7, 11) is 0. The molecule has 4 heteroatoms. The fraction of sp³-hybridized carbons (Fsp3) is 0.846. The van der Waals surface area contributed by atoms with Gasteiger partial charge in [-0.2, -0.15) is 0 Å². The highest BCUT2D eigenvalue weighted by atomic mass is 16.4. The van der Waals surface area contributed by atoms with Crippen molar-refractivity contribution in [3.63, 3.8) is 0 Å². The summed E-state index contributed by atoms with van der Waals surface area (Å²) in [4.78, 5) is 0. The van der Waals surface area contributed by atoms with Gasteiger partial charge in [-0.15, -0.1) is 10.2 Å². The van der Waals surface area contributed by atoms with Gasteiger partial charge in [0.2, 0.25) is 11.8 Å². The molecule has 0 bridgehead atoms. The minimum absolute atomic E-state index is 0.566. The van der Waals surface area contributed by atoms with Crippen LogP contribution in [0, 0.1) is 11.8 Å². The van der Waals surface area contributed by atoms with Crippen molar-refractivity contribution in [3.05, 3.63) is 11.8 Å². The normalized spacial score (nSPS) is 34.9. The Morgan fingerprint density at radius 1 is 1.12 bits per heavy atom. The molecule has 1 aromatic rings. The van der Waals surface area contributed by atoms with Crippen molar-refractivity contribution < 1.29 is 4.42 Å². The van der Waals surface area contributed by atoms with Crippen LogP contribution < -0.4 is 5.32 Å². The van der Waals surface area contributed by atoms with Crippen molar-refractivity contribution in [2.45, 2.75) is 50.5 Å². The third kappa shape index (κ3) is 2.10. The first-order valence-electron chi connectivity index (χ1n) is 6.94. The molecule has 1 aromatic heterocycles. The van der Waals surface area contributed by atoms with Gasteiger partial charge in [-0.3, -0.25) is 0 Å². The first-order chi connectivity index (χ1) is 8.38. The molecule has 0 amide bonds. The zero-order valence-electron chi connectivity index (χ0n) is 10.1. The van der Waals surface area contributed by atoms with Crippen molar-refractivity contribution in [3.8, 4) is 0 Å². The lowest BCUT2D eigenvalue weighted by atomic mass is 10.0. The number of nitrogens with zero attached hydrogens (tertiary/aromatic N) is 2. The fourth-order valence-corrected chi connectivity index (χ4v) is 3.12. The van der Waals surface area contributed by atoms with Gasteiger partial charge in [0.1, 0.15) is 0 Å². The maximum atomic E-state index is 5.78. The van der Waals surface area contributed by atoms with Gasteiger partial charge in [0.05, 0.1) is 0 Å². The molecule has 0 saturated heterocycles. The van der Waals surface area contributed by atoms with E-state index in [4.69, 9.17) is 4.42 Å².